The van der Waals surface area contributed by atoms with Crippen molar-refractivity contribution in [2.45, 2.75) is 130 Å². The average molecular weight is 856 g/mol. The van der Waals surface area contributed by atoms with Crippen LogP contribution in [0.5, 0.6) is 5.75 Å². The van der Waals surface area contributed by atoms with Gasteiger partial charge in [0.2, 0.25) is 0 Å². The number of halogens is 1. The van der Waals surface area contributed by atoms with Crippen molar-refractivity contribution < 1.29 is 44.6 Å². The van der Waals surface area contributed by atoms with Crippen molar-refractivity contribution in [3.8, 4) is 16.9 Å². The van der Waals surface area contributed by atoms with E-state index >= 15 is 0 Å². The third kappa shape index (κ3) is 13.2. The van der Waals surface area contributed by atoms with E-state index in [1.54, 1.807) is 11.8 Å². The second kappa shape index (κ2) is 21.7. The smallest absolute Gasteiger partial charge is 0.315 e. The summed E-state index contributed by atoms with van der Waals surface area (Å²) in [6.45, 7) is -0.167. The summed E-state index contributed by atoms with van der Waals surface area (Å²) in [7, 11) is 0. The number of pyridine rings is 1. The summed E-state index contributed by atoms with van der Waals surface area (Å²) in [5, 5.41) is 59.8. The minimum absolute atomic E-state index is 0.00424. The van der Waals surface area contributed by atoms with Crippen LogP contribution in [0.15, 0.2) is 65.8 Å². The van der Waals surface area contributed by atoms with E-state index in [1.165, 1.54) is 0 Å². The van der Waals surface area contributed by atoms with Crippen LogP contribution in [-0.2, 0) is 16.9 Å². The van der Waals surface area contributed by atoms with Crippen molar-refractivity contribution in [1.82, 2.24) is 26.3 Å². The standard InChI is InChI=1S/C43H58ClN5O9S/c44-35-15-14-31(22-27(35)26-57-43(17-18-43)34-23-45-20-16-32(34)33-6-2-3-7-38(33)58-30-12-13-30)59-21-5-1-4-19-46-41(55)48-28-8-10-29(11-9-28)49-42(56)47-24-36(51)39(53)40(54)37(52)25-50/h2-3,6-7,14-16,20,22-23,28-30,36-37,39-40,50-54H,1,4-5,8-13,17-19,21,24-26H2,(H2,46,48,55)(H2,47,49,56)/t28-,29+,36-,37+,39+,40+/m0/s1. The van der Waals surface area contributed by atoms with E-state index in [0.29, 0.717) is 50.0 Å². The summed E-state index contributed by atoms with van der Waals surface area (Å²) < 4.78 is 12.9. The Morgan fingerprint density at radius 2 is 1.54 bits per heavy atom. The first-order valence-corrected chi connectivity index (χ1v) is 22.1. The molecule has 0 unspecified atom stereocenters. The zero-order chi connectivity index (χ0) is 41.8. The van der Waals surface area contributed by atoms with Crippen LogP contribution in [0.1, 0.15) is 81.8 Å². The highest BCUT2D eigenvalue weighted by Crippen LogP contribution is 2.53. The first-order valence-electron chi connectivity index (χ1n) is 20.7. The molecule has 6 rings (SSSR count). The van der Waals surface area contributed by atoms with E-state index in [4.69, 9.17) is 26.2 Å². The van der Waals surface area contributed by atoms with Gasteiger partial charge in [-0.15, -0.1) is 11.8 Å². The van der Waals surface area contributed by atoms with Crippen molar-refractivity contribution in [3.63, 3.8) is 0 Å². The maximum Gasteiger partial charge on any atom is 0.315 e. The maximum absolute atomic E-state index is 12.5. The number of para-hydroxylation sites is 1. The average Bonchev–Trinajstić information content (AvgIpc) is 4.20. The maximum atomic E-state index is 12.5. The highest BCUT2D eigenvalue weighted by Gasteiger charge is 2.48. The molecular formula is C43H58ClN5O9S. The van der Waals surface area contributed by atoms with Crippen LogP contribution in [0.25, 0.3) is 11.1 Å². The Morgan fingerprint density at radius 3 is 2.24 bits per heavy atom. The van der Waals surface area contributed by atoms with Gasteiger partial charge in [0.15, 0.2) is 0 Å². The molecule has 3 aliphatic rings. The number of hydrogen-bond donors (Lipinski definition) is 9. The van der Waals surface area contributed by atoms with Crippen LogP contribution >= 0.6 is 23.4 Å². The summed E-state index contributed by atoms with van der Waals surface area (Å²) in [4.78, 5) is 30.4. The molecule has 3 saturated carbocycles. The summed E-state index contributed by atoms with van der Waals surface area (Å²) in [5.74, 6) is 1.84. The largest absolute Gasteiger partial charge is 0.490 e. The number of carbonyl (C=O) groups is 2. The van der Waals surface area contributed by atoms with Gasteiger partial charge in [0.1, 0.15) is 24.1 Å². The van der Waals surface area contributed by atoms with Crippen LogP contribution in [0.2, 0.25) is 5.02 Å². The number of ether oxygens (including phenoxy) is 2. The fourth-order valence-electron chi connectivity index (χ4n) is 7.25. The van der Waals surface area contributed by atoms with Crippen LogP contribution < -0.4 is 26.0 Å². The van der Waals surface area contributed by atoms with Crippen molar-refractivity contribution in [3.05, 3.63) is 77.1 Å². The minimum Gasteiger partial charge on any atom is -0.490 e. The normalized spacial score (nSPS) is 20.4. The Bertz CT molecular complexity index is 1830. The fraction of sp³-hybridized carbons (Fsp3) is 0.558. The number of nitrogens with one attached hydrogen (secondary N) is 4. The highest BCUT2D eigenvalue weighted by molar-refractivity contribution is 7.99. The Balaban J connectivity index is 0.840. The molecule has 4 amide bonds. The summed E-state index contributed by atoms with van der Waals surface area (Å²) >= 11 is 8.45. The molecule has 3 aromatic rings. The van der Waals surface area contributed by atoms with Gasteiger partial charge in [-0.25, -0.2) is 9.59 Å². The van der Waals surface area contributed by atoms with Crippen LogP contribution in [0, 0.1) is 0 Å². The van der Waals surface area contributed by atoms with Crippen molar-refractivity contribution in [2.75, 3.05) is 25.4 Å². The van der Waals surface area contributed by atoms with Crippen LogP contribution in [0.3, 0.4) is 0 Å². The molecule has 3 aliphatic carbocycles. The minimum atomic E-state index is -1.76. The van der Waals surface area contributed by atoms with E-state index in [-0.39, 0.29) is 24.7 Å². The Morgan fingerprint density at radius 1 is 0.847 bits per heavy atom. The molecule has 0 radical (unpaired) electrons. The molecule has 0 saturated heterocycles. The third-order valence-electron chi connectivity index (χ3n) is 11.1. The lowest BCUT2D eigenvalue weighted by Gasteiger charge is -2.30. The Kier molecular flexibility index (Phi) is 16.5. The number of aliphatic hydroxyl groups is 5. The lowest BCUT2D eigenvalue weighted by atomic mass is 9.91. The molecule has 322 valence electrons. The molecule has 1 heterocycles. The molecule has 0 bridgehead atoms. The molecule has 3 fully saturated rings. The summed E-state index contributed by atoms with van der Waals surface area (Å²) in [6.07, 6.45) is 6.96. The van der Waals surface area contributed by atoms with Gasteiger partial charge in [0.05, 0.1) is 31.0 Å². The lowest BCUT2D eigenvalue weighted by molar-refractivity contribution is -0.113. The second-order valence-corrected chi connectivity index (χ2v) is 17.4. The van der Waals surface area contributed by atoms with Gasteiger partial charge in [0.25, 0.3) is 0 Å². The van der Waals surface area contributed by atoms with E-state index in [9.17, 15) is 30.0 Å². The van der Waals surface area contributed by atoms with Crippen LogP contribution in [-0.4, -0.2) is 111 Å². The SMILES string of the molecule is O=C(NCCCCCSc1ccc(Cl)c(COC2(c3cnccc3-c3ccccc3OC3CC3)CC2)c1)N[C@H]1CC[C@@H](NC(=O)NC[C@H](O)[C@@H](O)[C@H](O)[C@H](O)CO)CC1. The molecule has 14 nitrogen and oxygen atoms in total. The van der Waals surface area contributed by atoms with Gasteiger partial charge in [-0.05, 0) is 111 Å². The molecule has 9 N–H and O–H groups in total. The number of amides is 4. The molecule has 59 heavy (non-hydrogen) atoms. The first kappa shape index (κ1) is 44.9. The fourth-order valence-corrected chi connectivity index (χ4v) is 8.40. The van der Waals surface area contributed by atoms with Gasteiger partial charge >= 0.3 is 12.1 Å². The lowest BCUT2D eigenvalue weighted by Crippen LogP contribution is -2.52. The van der Waals surface area contributed by atoms with E-state index in [0.717, 1.165) is 83.6 Å². The number of urea groups is 2. The van der Waals surface area contributed by atoms with Crippen LogP contribution in [0.4, 0.5) is 9.59 Å². The third-order valence-corrected chi connectivity index (χ3v) is 12.6. The number of aromatic nitrogens is 1. The highest BCUT2D eigenvalue weighted by atomic mass is 35.5. The van der Waals surface area contributed by atoms with E-state index in [2.05, 4.69) is 44.5 Å². The summed E-state index contributed by atoms with van der Waals surface area (Å²) in [6, 6.07) is 15.5. The number of hydrogen-bond acceptors (Lipinski definition) is 11. The second-order valence-electron chi connectivity index (χ2n) is 15.8. The predicted molar refractivity (Wildman–Crippen MR) is 225 cm³/mol. The zero-order valence-electron chi connectivity index (χ0n) is 33.2. The van der Waals surface area contributed by atoms with Crippen molar-refractivity contribution in [2.24, 2.45) is 0 Å². The Hall–Kier alpha value is -3.67. The summed E-state index contributed by atoms with van der Waals surface area (Å²) in [5.41, 5.74) is 3.79. The van der Waals surface area contributed by atoms with Gasteiger partial charge in [0, 0.05) is 58.6 Å². The van der Waals surface area contributed by atoms with Crippen molar-refractivity contribution >= 4 is 35.4 Å². The van der Waals surface area contributed by atoms with Gasteiger partial charge in [-0.1, -0.05) is 36.2 Å². The van der Waals surface area contributed by atoms with E-state index in [1.807, 2.05) is 42.7 Å². The molecular weight excluding hydrogens is 798 g/mol. The zero-order valence-corrected chi connectivity index (χ0v) is 34.8. The predicted octanol–water partition coefficient (Wildman–Crippen LogP) is 4.76. The molecule has 4 atom stereocenters. The number of rotatable bonds is 22. The van der Waals surface area contributed by atoms with Gasteiger partial charge < -0.3 is 56.3 Å². The molecule has 0 spiro atoms. The van der Waals surface area contributed by atoms with E-state index < -0.39 is 42.7 Å². The number of aliphatic hydroxyl groups excluding tert-OH is 5. The molecule has 1 aromatic heterocycles. The van der Waals surface area contributed by atoms with Gasteiger partial charge in [-0.3, -0.25) is 4.98 Å². The topological polar surface area (TPSA) is 215 Å². The first-order chi connectivity index (χ1) is 28.5. The number of carbonyl (C=O) groups excluding carboxylic acids is 2. The number of unbranched alkanes of at least 4 members (excludes halogenated alkanes) is 2. The number of nitrogens with zero attached hydrogens (tertiary/aromatic N) is 1. The number of thioether (sulfide) groups is 1. The molecule has 2 aromatic carbocycles. The Labute approximate surface area is 354 Å². The number of benzene rings is 2. The van der Waals surface area contributed by atoms with Gasteiger partial charge in [-0.2, -0.15) is 0 Å². The van der Waals surface area contributed by atoms with Crippen molar-refractivity contribution in [1.29, 1.82) is 0 Å². The molecule has 16 heteroatoms. The quantitative estimate of drug-likeness (QED) is 0.0497. The molecule has 0 aliphatic heterocycles. The monoisotopic (exact) mass is 855 g/mol.